The lowest BCUT2D eigenvalue weighted by atomic mass is 9.60. The van der Waals surface area contributed by atoms with E-state index in [1.54, 1.807) is 37.5 Å². The highest BCUT2D eigenvalue weighted by atomic mass is 16.6. The van der Waals surface area contributed by atoms with Crippen LogP contribution in [-0.2, 0) is 4.74 Å². The number of carbonyl (C=O) groups excluding carboxylic acids is 1. The molecular weight excluding hydrogens is 356 g/mol. The third-order valence-corrected chi connectivity index (χ3v) is 5.24. The summed E-state index contributed by atoms with van der Waals surface area (Å²) >= 11 is 0. The second kappa shape index (κ2) is 7.42. The molecule has 8 heteroatoms. The zero-order chi connectivity index (χ0) is 20.3. The predicted octanol–water partition coefficient (Wildman–Crippen LogP) is 1.96. The van der Waals surface area contributed by atoms with Crippen LogP contribution in [0.1, 0.15) is 18.4 Å². The molecule has 0 saturated carbocycles. The summed E-state index contributed by atoms with van der Waals surface area (Å²) < 4.78 is 5.10. The summed E-state index contributed by atoms with van der Waals surface area (Å²) in [6.45, 7) is 2.37. The number of hydrogen-bond donors (Lipinski definition) is 1. The van der Waals surface area contributed by atoms with Gasteiger partial charge in [0.25, 0.3) is 0 Å². The first-order chi connectivity index (χ1) is 13.5. The summed E-state index contributed by atoms with van der Waals surface area (Å²) in [7, 11) is 0. The van der Waals surface area contributed by atoms with E-state index < -0.39 is 23.3 Å². The molecule has 0 saturated heterocycles. The Labute approximate surface area is 162 Å². The largest absolute Gasteiger partial charge is 0.450 e. The minimum atomic E-state index is -1.72. The van der Waals surface area contributed by atoms with Crippen molar-refractivity contribution in [3.05, 3.63) is 53.0 Å². The second-order valence-electron chi connectivity index (χ2n) is 6.54. The molecule has 2 N–H and O–H groups in total. The third kappa shape index (κ3) is 2.74. The van der Waals surface area contributed by atoms with Crippen LogP contribution in [0.2, 0.25) is 0 Å². The van der Waals surface area contributed by atoms with E-state index in [0.717, 1.165) is 5.56 Å². The van der Waals surface area contributed by atoms with Crippen molar-refractivity contribution in [1.82, 2.24) is 9.88 Å². The fourth-order valence-corrected chi connectivity index (χ4v) is 3.95. The molecule has 0 spiro atoms. The fourth-order valence-electron chi connectivity index (χ4n) is 3.95. The second-order valence-corrected chi connectivity index (χ2v) is 6.54. The molecule has 1 aromatic heterocycles. The molecule has 0 aromatic carbocycles. The quantitative estimate of drug-likeness (QED) is 0.780. The number of nitrogens with zero attached hydrogens (tertiary/aromatic N) is 5. The normalized spacial score (nSPS) is 22.8. The van der Waals surface area contributed by atoms with E-state index in [-0.39, 0.29) is 31.0 Å². The van der Waals surface area contributed by atoms with Gasteiger partial charge in [0.05, 0.1) is 36.1 Å². The number of pyridine rings is 1. The van der Waals surface area contributed by atoms with Crippen molar-refractivity contribution in [2.75, 3.05) is 19.7 Å². The van der Waals surface area contributed by atoms with Gasteiger partial charge in [0.2, 0.25) is 5.41 Å². The molecule has 0 unspecified atom stereocenters. The Kier molecular flexibility index (Phi) is 5.02. The first kappa shape index (κ1) is 18.9. The van der Waals surface area contributed by atoms with Gasteiger partial charge in [0, 0.05) is 37.3 Å². The van der Waals surface area contributed by atoms with Crippen LogP contribution in [0.15, 0.2) is 47.4 Å². The van der Waals surface area contributed by atoms with Gasteiger partial charge in [0.15, 0.2) is 0 Å². The highest BCUT2D eigenvalue weighted by Crippen LogP contribution is 2.52. The Balaban J connectivity index is 2.21. The number of amides is 1. The van der Waals surface area contributed by atoms with Gasteiger partial charge in [0.1, 0.15) is 0 Å². The van der Waals surface area contributed by atoms with Crippen molar-refractivity contribution in [2.24, 2.45) is 17.1 Å². The molecule has 2 heterocycles. The van der Waals surface area contributed by atoms with Gasteiger partial charge in [-0.05, 0) is 30.2 Å². The van der Waals surface area contributed by atoms with Gasteiger partial charge < -0.3 is 15.4 Å². The lowest BCUT2D eigenvalue weighted by molar-refractivity contribution is 0.102. The average Bonchev–Trinajstić information content (AvgIpc) is 2.74. The first-order valence-corrected chi connectivity index (χ1v) is 8.78. The molecule has 1 amide bonds. The van der Waals surface area contributed by atoms with Crippen LogP contribution in [0, 0.1) is 45.3 Å². The molecule has 1 aliphatic heterocycles. The van der Waals surface area contributed by atoms with Crippen molar-refractivity contribution >= 4 is 6.09 Å². The topological polar surface area (TPSA) is 140 Å². The Morgan fingerprint density at radius 3 is 2.61 bits per heavy atom. The van der Waals surface area contributed by atoms with Crippen molar-refractivity contribution in [3.63, 3.8) is 0 Å². The number of carbonyl (C=O) groups is 1. The number of ether oxygens (including phenoxy) is 1. The molecule has 2 aliphatic rings. The lowest BCUT2D eigenvalue weighted by Gasteiger charge is -2.44. The summed E-state index contributed by atoms with van der Waals surface area (Å²) in [4.78, 5) is 17.8. The van der Waals surface area contributed by atoms with E-state index in [1.165, 1.54) is 4.90 Å². The number of nitrogens with two attached hydrogens (primary N) is 1. The van der Waals surface area contributed by atoms with Crippen molar-refractivity contribution in [1.29, 1.82) is 15.8 Å². The standard InChI is InChI=1S/C20H18N6O2/c1-2-28-19(27)26-8-5-16-15(10-26)17(13-3-6-25-7-4-13)14(9-21)18(24)20(16,11-22)12-23/h3-7,15,17H,2,8,10,24H2,1H3/t15-,17+/m0/s1. The van der Waals surface area contributed by atoms with E-state index >= 15 is 0 Å². The van der Waals surface area contributed by atoms with Crippen LogP contribution < -0.4 is 5.73 Å². The van der Waals surface area contributed by atoms with Crippen molar-refractivity contribution in [2.45, 2.75) is 12.8 Å². The highest BCUT2D eigenvalue weighted by Gasteiger charge is 2.53. The van der Waals surface area contributed by atoms with Crippen molar-refractivity contribution < 1.29 is 9.53 Å². The van der Waals surface area contributed by atoms with Gasteiger partial charge in [-0.1, -0.05) is 6.08 Å². The molecule has 140 valence electrons. The number of rotatable bonds is 2. The number of aromatic nitrogens is 1. The number of hydrogen-bond acceptors (Lipinski definition) is 7. The monoisotopic (exact) mass is 374 g/mol. The molecule has 3 rings (SSSR count). The summed E-state index contributed by atoms with van der Waals surface area (Å²) in [6, 6.07) is 9.65. The third-order valence-electron chi connectivity index (χ3n) is 5.24. The summed E-state index contributed by atoms with van der Waals surface area (Å²) in [5.41, 5.74) is 5.92. The van der Waals surface area contributed by atoms with E-state index in [0.29, 0.717) is 5.57 Å². The molecule has 1 aliphatic carbocycles. The van der Waals surface area contributed by atoms with Gasteiger partial charge >= 0.3 is 6.09 Å². The molecule has 8 nitrogen and oxygen atoms in total. The van der Waals surface area contributed by atoms with Crippen LogP contribution in [0.25, 0.3) is 0 Å². The Hall–Kier alpha value is -3.83. The van der Waals surface area contributed by atoms with E-state index in [4.69, 9.17) is 10.5 Å². The van der Waals surface area contributed by atoms with Gasteiger partial charge in [-0.15, -0.1) is 0 Å². The number of nitriles is 3. The predicted molar refractivity (Wildman–Crippen MR) is 97.6 cm³/mol. The SMILES string of the molecule is CCOC(=O)N1CC=C2[C@H](C1)[C@H](c1ccncc1)C(C#N)=C(N)C2(C#N)C#N. The van der Waals surface area contributed by atoms with Crippen LogP contribution in [0.5, 0.6) is 0 Å². The van der Waals surface area contributed by atoms with Crippen LogP contribution in [0.3, 0.4) is 0 Å². The van der Waals surface area contributed by atoms with Gasteiger partial charge in [-0.25, -0.2) is 4.79 Å². The smallest absolute Gasteiger partial charge is 0.410 e. The molecule has 0 fully saturated rings. The average molecular weight is 374 g/mol. The van der Waals surface area contributed by atoms with Crippen LogP contribution in [0.4, 0.5) is 4.79 Å². The Morgan fingerprint density at radius 2 is 2.04 bits per heavy atom. The molecule has 0 bridgehead atoms. The van der Waals surface area contributed by atoms with Crippen LogP contribution >= 0.6 is 0 Å². The van der Waals surface area contributed by atoms with Gasteiger partial charge in [-0.3, -0.25) is 4.98 Å². The van der Waals surface area contributed by atoms with E-state index in [9.17, 15) is 20.6 Å². The van der Waals surface area contributed by atoms with E-state index in [2.05, 4.69) is 11.1 Å². The molecule has 1 aromatic rings. The molecule has 0 radical (unpaired) electrons. The van der Waals surface area contributed by atoms with Crippen molar-refractivity contribution in [3.8, 4) is 18.2 Å². The first-order valence-electron chi connectivity index (χ1n) is 8.78. The fraction of sp³-hybridized carbons (Fsp3) is 0.350. The van der Waals surface area contributed by atoms with Gasteiger partial charge in [-0.2, -0.15) is 15.8 Å². The zero-order valence-electron chi connectivity index (χ0n) is 15.3. The maximum absolute atomic E-state index is 12.3. The lowest BCUT2D eigenvalue weighted by Crippen LogP contribution is -2.48. The zero-order valence-corrected chi connectivity index (χ0v) is 15.3. The minimum absolute atomic E-state index is 0.0473. The summed E-state index contributed by atoms with van der Waals surface area (Å²) in [5, 5.41) is 29.5. The summed E-state index contributed by atoms with van der Waals surface area (Å²) in [5.74, 6) is -0.951. The molecule has 28 heavy (non-hydrogen) atoms. The minimum Gasteiger partial charge on any atom is -0.450 e. The molecule has 2 atom stereocenters. The maximum atomic E-state index is 12.3. The Morgan fingerprint density at radius 1 is 1.36 bits per heavy atom. The number of allylic oxidation sites excluding steroid dienone is 2. The number of fused-ring (bicyclic) bond motifs is 1. The summed E-state index contributed by atoms with van der Waals surface area (Å²) in [6.07, 6.45) is 4.41. The maximum Gasteiger partial charge on any atom is 0.410 e. The highest BCUT2D eigenvalue weighted by molar-refractivity contribution is 5.69. The Bertz CT molecular complexity index is 963. The van der Waals surface area contributed by atoms with Crippen LogP contribution in [-0.4, -0.2) is 35.7 Å². The van der Waals surface area contributed by atoms with E-state index in [1.807, 2.05) is 12.1 Å². The molecular formula is C20H18N6O2.